The van der Waals surface area contributed by atoms with Gasteiger partial charge in [-0.1, -0.05) is 30.3 Å². The lowest BCUT2D eigenvalue weighted by Crippen LogP contribution is -2.64. The highest BCUT2D eigenvalue weighted by Gasteiger charge is 2.44. The Kier molecular flexibility index (Phi) is 7.86. The number of nitrogens with two attached hydrogens (primary N) is 1. The molecule has 2 aromatic carbocycles. The summed E-state index contributed by atoms with van der Waals surface area (Å²) in [4.78, 5) is 39.4. The van der Waals surface area contributed by atoms with Crippen LogP contribution in [-0.4, -0.2) is 91.9 Å². The summed E-state index contributed by atoms with van der Waals surface area (Å²) in [6.45, 7) is 3.51. The van der Waals surface area contributed by atoms with E-state index < -0.39 is 12.1 Å². The molecule has 2 heterocycles. The number of benzene rings is 2. The van der Waals surface area contributed by atoms with Crippen molar-refractivity contribution < 1.29 is 28.3 Å². The van der Waals surface area contributed by atoms with E-state index in [2.05, 4.69) is 4.98 Å². The highest BCUT2D eigenvalue weighted by Crippen LogP contribution is 2.34. The molecule has 202 valence electrons. The summed E-state index contributed by atoms with van der Waals surface area (Å²) in [5.41, 5.74) is 7.77. The molecule has 1 aliphatic heterocycles. The smallest absolute Gasteiger partial charge is 0.411 e. The van der Waals surface area contributed by atoms with Gasteiger partial charge in [-0.05, 0) is 18.6 Å². The molecule has 11 heteroatoms. The van der Waals surface area contributed by atoms with Crippen molar-refractivity contribution in [3.8, 4) is 11.5 Å². The fourth-order valence-electron chi connectivity index (χ4n) is 4.36. The van der Waals surface area contributed by atoms with Gasteiger partial charge in [0.2, 0.25) is 5.95 Å². The fraction of sp³-hybridized carbons (Fsp3) is 0.407. The van der Waals surface area contributed by atoms with E-state index >= 15 is 0 Å². The molecule has 2 amide bonds. The third-order valence-electron chi connectivity index (χ3n) is 6.99. The third kappa shape index (κ3) is 5.42. The van der Waals surface area contributed by atoms with Crippen LogP contribution in [-0.2, 0) is 16.1 Å². The lowest BCUT2D eigenvalue weighted by molar-refractivity contribution is -0.812. The minimum absolute atomic E-state index is 0.103. The molecule has 1 fully saturated rings. The Bertz CT molecular complexity index is 1320. The number of quaternary nitrogens is 1. The highest BCUT2D eigenvalue weighted by atomic mass is 16.6. The molecular weight excluding hydrogens is 488 g/mol. The first-order chi connectivity index (χ1) is 18.2. The quantitative estimate of drug-likeness (QED) is 0.466. The number of likely N-dealkylation sites (N-methyl/N-ethyl adjacent to an activating group) is 1. The first-order valence-corrected chi connectivity index (χ1v) is 12.5. The predicted octanol–water partition coefficient (Wildman–Crippen LogP) is 2.68. The van der Waals surface area contributed by atoms with Crippen LogP contribution in [0.15, 0.2) is 42.5 Å². The van der Waals surface area contributed by atoms with Crippen molar-refractivity contribution in [2.24, 2.45) is 0 Å². The first kappa shape index (κ1) is 26.9. The number of ether oxygens (including phenoxy) is 3. The topological polar surface area (TPSA) is 120 Å². The average molecular weight is 524 g/mol. The van der Waals surface area contributed by atoms with Crippen LogP contribution in [0.1, 0.15) is 12.5 Å². The van der Waals surface area contributed by atoms with Gasteiger partial charge >= 0.3 is 12.0 Å². The molecule has 0 radical (unpaired) electrons. The van der Waals surface area contributed by atoms with E-state index in [0.717, 1.165) is 5.56 Å². The van der Waals surface area contributed by atoms with Gasteiger partial charge in [0.25, 0.3) is 0 Å². The number of hydrogen-bond acceptors (Lipinski definition) is 9. The van der Waals surface area contributed by atoms with Gasteiger partial charge in [-0.3, -0.25) is 9.38 Å². The lowest BCUT2D eigenvalue weighted by atomic mass is 10.1. The number of anilines is 2. The zero-order valence-corrected chi connectivity index (χ0v) is 22.5. The van der Waals surface area contributed by atoms with Crippen molar-refractivity contribution >= 4 is 34.7 Å². The Hall–Kier alpha value is -4.12. The molecule has 2 N–H and O–H groups in total. The molecule has 0 saturated carbocycles. The van der Waals surface area contributed by atoms with Crippen LogP contribution in [0.2, 0.25) is 0 Å². The number of fused-ring (bicyclic) bond motifs is 1. The maximum atomic E-state index is 13.7. The molecule has 0 unspecified atom stereocenters. The van der Waals surface area contributed by atoms with E-state index in [0.29, 0.717) is 41.4 Å². The van der Waals surface area contributed by atoms with Crippen LogP contribution in [0.4, 0.5) is 16.6 Å². The fourth-order valence-corrected chi connectivity index (χ4v) is 4.36. The van der Waals surface area contributed by atoms with Gasteiger partial charge in [0.1, 0.15) is 12.4 Å². The van der Waals surface area contributed by atoms with Gasteiger partial charge in [0.05, 0.1) is 46.9 Å². The van der Waals surface area contributed by atoms with E-state index in [1.54, 1.807) is 26.4 Å². The van der Waals surface area contributed by atoms with Gasteiger partial charge in [-0.25, -0.2) is 14.6 Å². The van der Waals surface area contributed by atoms with Gasteiger partial charge < -0.3 is 24.8 Å². The summed E-state index contributed by atoms with van der Waals surface area (Å²) in [6.07, 6.45) is -0.529. The van der Waals surface area contributed by atoms with Gasteiger partial charge in [0, 0.05) is 24.5 Å². The van der Waals surface area contributed by atoms with Crippen molar-refractivity contribution in [2.75, 3.05) is 65.1 Å². The number of hydrogen-bond donors (Lipinski definition) is 1. The van der Waals surface area contributed by atoms with Crippen molar-refractivity contribution in [3.05, 3.63) is 48.0 Å². The Balaban J connectivity index is 1.62. The number of aromatic nitrogens is 2. The molecule has 11 nitrogen and oxygen atoms in total. The summed E-state index contributed by atoms with van der Waals surface area (Å²) < 4.78 is 16.5. The molecule has 0 aliphatic carbocycles. The molecular formula is C27H35N6O5+. The maximum Gasteiger partial charge on any atom is 0.411 e. The van der Waals surface area contributed by atoms with Crippen molar-refractivity contribution in [3.63, 3.8) is 0 Å². The minimum Gasteiger partial charge on any atom is -0.493 e. The van der Waals surface area contributed by atoms with Gasteiger partial charge in [-0.15, -0.1) is 0 Å². The first-order valence-electron chi connectivity index (χ1n) is 12.5. The predicted molar refractivity (Wildman–Crippen MR) is 144 cm³/mol. The number of amides is 2. The Morgan fingerprint density at radius 3 is 2.39 bits per heavy atom. The molecule has 1 saturated heterocycles. The summed E-state index contributed by atoms with van der Waals surface area (Å²) in [5.74, 6) is 1.59. The number of methoxy groups -OCH3 is 2. The third-order valence-corrected chi connectivity index (χ3v) is 6.99. The maximum absolute atomic E-state index is 13.7. The zero-order valence-electron chi connectivity index (χ0n) is 22.5. The summed E-state index contributed by atoms with van der Waals surface area (Å²) in [7, 11) is 6.76. The second-order valence-corrected chi connectivity index (χ2v) is 9.67. The van der Waals surface area contributed by atoms with Crippen LogP contribution in [0.25, 0.3) is 10.9 Å². The Labute approximate surface area is 222 Å². The molecule has 4 rings (SSSR count). The van der Waals surface area contributed by atoms with Crippen LogP contribution in [0.5, 0.6) is 11.5 Å². The van der Waals surface area contributed by atoms with E-state index in [-0.39, 0.29) is 35.9 Å². The number of piperazine rings is 1. The van der Waals surface area contributed by atoms with Gasteiger partial charge in [0.15, 0.2) is 17.5 Å². The minimum atomic E-state index is -0.757. The highest BCUT2D eigenvalue weighted by molar-refractivity contribution is 5.92. The average Bonchev–Trinajstić information content (AvgIpc) is 2.94. The number of rotatable bonds is 7. The van der Waals surface area contributed by atoms with Crippen molar-refractivity contribution in [1.29, 1.82) is 0 Å². The molecule has 0 spiro atoms. The standard InChI is InChI=1S/C27H35N6O5/c1-6-33(2,3)25(34)21-16-31(12-13-32(21)27(35)38-17-18-10-8-7-9-11-18)26-29-20-15-23(37-5)22(36-4)14-19(20)24(28)30-26/h7-11,14-15,21H,6,12-13,16-17H2,1-5H3,(H2,28,29,30)/q+1/t21-/m0/s1. The SMILES string of the molecule is CC[N+](C)(C)C(=O)[C@@H]1CN(c2nc(N)c3cc(OC)c(OC)cc3n2)CCN1C(=O)OCc1ccccc1. The van der Waals surface area contributed by atoms with E-state index in [1.807, 2.05) is 56.3 Å². The summed E-state index contributed by atoms with van der Waals surface area (Å²) >= 11 is 0. The normalized spacial score (nSPS) is 15.9. The number of carbonyl (C=O) groups excluding carboxylic acids is 2. The van der Waals surface area contributed by atoms with Gasteiger partial charge in [-0.2, -0.15) is 4.98 Å². The Morgan fingerprint density at radius 1 is 1.05 bits per heavy atom. The number of carbonyl (C=O) groups is 2. The Morgan fingerprint density at radius 2 is 1.74 bits per heavy atom. The largest absolute Gasteiger partial charge is 0.493 e. The molecule has 1 atom stereocenters. The molecule has 3 aromatic rings. The molecule has 1 aromatic heterocycles. The molecule has 0 bridgehead atoms. The van der Waals surface area contributed by atoms with Crippen LogP contribution in [0.3, 0.4) is 0 Å². The van der Waals surface area contributed by atoms with Crippen molar-refractivity contribution in [2.45, 2.75) is 19.6 Å². The number of nitrogens with zero attached hydrogens (tertiary/aromatic N) is 5. The lowest BCUT2D eigenvalue weighted by Gasteiger charge is -2.41. The molecule has 1 aliphatic rings. The van der Waals surface area contributed by atoms with Crippen LogP contribution in [0, 0.1) is 0 Å². The van der Waals surface area contributed by atoms with E-state index in [9.17, 15) is 9.59 Å². The second kappa shape index (κ2) is 11.1. The monoisotopic (exact) mass is 523 g/mol. The summed E-state index contributed by atoms with van der Waals surface area (Å²) in [6, 6.07) is 12.2. The number of nitrogen functional groups attached to an aromatic ring is 1. The van der Waals surface area contributed by atoms with E-state index in [4.69, 9.17) is 24.9 Å². The van der Waals surface area contributed by atoms with Crippen molar-refractivity contribution in [1.82, 2.24) is 14.9 Å². The van der Waals surface area contributed by atoms with Crippen LogP contribution < -0.4 is 20.1 Å². The zero-order chi connectivity index (χ0) is 27.4. The second-order valence-electron chi connectivity index (χ2n) is 9.67. The van der Waals surface area contributed by atoms with E-state index in [1.165, 1.54) is 4.90 Å². The molecule has 38 heavy (non-hydrogen) atoms. The summed E-state index contributed by atoms with van der Waals surface area (Å²) in [5, 5.41) is 0.630. The van der Waals surface area contributed by atoms with Crippen LogP contribution >= 0.6 is 0 Å².